The van der Waals surface area contributed by atoms with Gasteiger partial charge in [-0.05, 0) is 0 Å². The van der Waals surface area contributed by atoms with E-state index in [1.165, 1.54) is 18.0 Å². The van der Waals surface area contributed by atoms with Crippen molar-refractivity contribution in [2.24, 2.45) is 7.05 Å². The van der Waals surface area contributed by atoms with E-state index in [0.29, 0.717) is 4.90 Å². The van der Waals surface area contributed by atoms with Crippen LogP contribution in [-0.2, 0) is 7.05 Å². The molecule has 0 amide bonds. The molecule has 0 atom stereocenters. The van der Waals surface area contributed by atoms with E-state index in [1.807, 2.05) is 0 Å². The Labute approximate surface area is 69.2 Å². The van der Waals surface area contributed by atoms with Crippen molar-refractivity contribution in [3.63, 3.8) is 0 Å². The predicted octanol–water partition coefficient (Wildman–Crippen LogP) is 0.0776. The molecule has 0 aliphatic heterocycles. The molecule has 0 radical (unpaired) electrons. The Morgan fingerprint density at radius 1 is 1.73 bits per heavy atom. The van der Waals surface area contributed by atoms with Crippen LogP contribution >= 0.6 is 12.6 Å². The first-order valence-corrected chi connectivity index (χ1v) is 3.41. The van der Waals surface area contributed by atoms with Gasteiger partial charge in [-0.25, -0.2) is 4.68 Å². The molecule has 0 bridgehead atoms. The normalized spacial score (nSPS) is 9.73. The van der Waals surface area contributed by atoms with Crippen LogP contribution in [0.25, 0.3) is 0 Å². The summed E-state index contributed by atoms with van der Waals surface area (Å²) in [6, 6.07) is 0. The molecule has 0 aliphatic carbocycles. The molecule has 1 aromatic heterocycles. The molecule has 1 aromatic rings. The molecule has 0 saturated heterocycles. The highest BCUT2D eigenvalue weighted by atomic mass is 32.1. The molecule has 60 valence electrons. The van der Waals surface area contributed by atoms with Crippen molar-refractivity contribution in [2.75, 3.05) is 7.11 Å². The lowest BCUT2D eigenvalue weighted by atomic mass is 10.5. The summed E-state index contributed by atoms with van der Waals surface area (Å²) in [6.45, 7) is 0. The molecule has 0 spiro atoms. The van der Waals surface area contributed by atoms with E-state index in [0.717, 1.165) is 0 Å². The second kappa shape index (κ2) is 2.96. The molecule has 0 N–H and O–H groups in total. The fourth-order valence-electron chi connectivity index (χ4n) is 0.701. The smallest absolute Gasteiger partial charge is 0.309 e. The number of thiol groups is 1. The summed E-state index contributed by atoms with van der Waals surface area (Å²) in [4.78, 5) is 11.6. The Kier molecular flexibility index (Phi) is 2.19. The van der Waals surface area contributed by atoms with E-state index in [1.54, 1.807) is 7.05 Å². The van der Waals surface area contributed by atoms with Crippen molar-refractivity contribution < 1.29 is 4.74 Å². The monoisotopic (exact) mass is 172 g/mol. The zero-order chi connectivity index (χ0) is 8.43. The van der Waals surface area contributed by atoms with Gasteiger partial charge in [-0.3, -0.25) is 4.79 Å². The molecule has 1 heterocycles. The number of hydrogen-bond acceptors (Lipinski definition) is 4. The number of methoxy groups -OCH3 is 1. The van der Waals surface area contributed by atoms with E-state index in [2.05, 4.69) is 17.7 Å². The van der Waals surface area contributed by atoms with Crippen molar-refractivity contribution in [1.29, 1.82) is 0 Å². The summed E-state index contributed by atoms with van der Waals surface area (Å²) < 4.78 is 6.00. The Morgan fingerprint density at radius 2 is 2.36 bits per heavy atom. The summed E-state index contributed by atoms with van der Waals surface area (Å²) in [5.74, 6) is 0.228. The van der Waals surface area contributed by atoms with Gasteiger partial charge in [0.05, 0.1) is 18.2 Å². The van der Waals surface area contributed by atoms with E-state index < -0.39 is 0 Å². The van der Waals surface area contributed by atoms with Crippen molar-refractivity contribution in [3.05, 3.63) is 16.6 Å². The number of aryl methyl sites for hydroxylation is 1. The van der Waals surface area contributed by atoms with E-state index in [-0.39, 0.29) is 11.3 Å². The zero-order valence-corrected chi connectivity index (χ0v) is 7.13. The Hall–Kier alpha value is -0.970. The third-order valence-electron chi connectivity index (χ3n) is 1.28. The van der Waals surface area contributed by atoms with E-state index >= 15 is 0 Å². The minimum absolute atomic E-state index is 0.228. The van der Waals surface area contributed by atoms with Gasteiger partial charge in [0.1, 0.15) is 0 Å². The first kappa shape index (κ1) is 8.13. The van der Waals surface area contributed by atoms with Crippen molar-refractivity contribution >= 4 is 12.6 Å². The molecular weight excluding hydrogens is 164 g/mol. The molecule has 1 rings (SSSR count). The van der Waals surface area contributed by atoms with Crippen LogP contribution in [0, 0.1) is 0 Å². The molecule has 0 unspecified atom stereocenters. The third kappa shape index (κ3) is 1.37. The maximum Gasteiger partial charge on any atom is 0.309 e. The Bertz CT molecular complexity index is 321. The summed E-state index contributed by atoms with van der Waals surface area (Å²) >= 11 is 3.99. The minimum Gasteiger partial charge on any atom is -0.490 e. The fourth-order valence-corrected chi connectivity index (χ4v) is 0.939. The van der Waals surface area contributed by atoms with E-state index in [9.17, 15) is 4.79 Å². The van der Waals surface area contributed by atoms with Crippen LogP contribution < -0.4 is 10.3 Å². The van der Waals surface area contributed by atoms with Gasteiger partial charge in [-0.15, -0.1) is 12.6 Å². The van der Waals surface area contributed by atoms with Crippen LogP contribution in [-0.4, -0.2) is 16.9 Å². The molecule has 11 heavy (non-hydrogen) atoms. The average Bonchev–Trinajstić information content (AvgIpc) is 1.99. The number of aromatic nitrogens is 2. The van der Waals surface area contributed by atoms with Gasteiger partial charge in [-0.2, -0.15) is 5.10 Å². The molecular formula is C6H8N2O2S. The van der Waals surface area contributed by atoms with Gasteiger partial charge >= 0.3 is 5.56 Å². The number of rotatable bonds is 1. The molecule has 4 nitrogen and oxygen atoms in total. The van der Waals surface area contributed by atoms with Crippen LogP contribution in [0.15, 0.2) is 15.9 Å². The summed E-state index contributed by atoms with van der Waals surface area (Å²) in [6.07, 6.45) is 1.46. The van der Waals surface area contributed by atoms with Gasteiger partial charge in [0, 0.05) is 7.05 Å². The Balaban J connectivity index is 3.41. The lowest BCUT2D eigenvalue weighted by Gasteiger charge is -2.02. The highest BCUT2D eigenvalue weighted by Gasteiger charge is 2.05. The van der Waals surface area contributed by atoms with Gasteiger partial charge in [0.15, 0.2) is 0 Å². The Morgan fingerprint density at radius 3 is 2.82 bits per heavy atom. The van der Waals surface area contributed by atoms with Gasteiger partial charge in [0.25, 0.3) is 0 Å². The third-order valence-corrected chi connectivity index (χ3v) is 1.60. The second-order valence-electron chi connectivity index (χ2n) is 1.99. The molecule has 0 fully saturated rings. The van der Waals surface area contributed by atoms with Crippen molar-refractivity contribution in [1.82, 2.24) is 9.78 Å². The van der Waals surface area contributed by atoms with Crippen LogP contribution in [0.1, 0.15) is 0 Å². The van der Waals surface area contributed by atoms with Crippen LogP contribution in [0.4, 0.5) is 0 Å². The highest BCUT2D eigenvalue weighted by molar-refractivity contribution is 7.80. The van der Waals surface area contributed by atoms with Crippen molar-refractivity contribution in [2.45, 2.75) is 4.90 Å². The largest absolute Gasteiger partial charge is 0.490 e. The number of ether oxygens (including phenoxy) is 1. The molecule has 0 aliphatic rings. The first-order valence-electron chi connectivity index (χ1n) is 2.96. The fraction of sp³-hybridized carbons (Fsp3) is 0.333. The standard InChI is InChI=1S/C6H8N2O2S/c1-8-6(9)5(10-2)4(11)3-7-8/h3,11H,1-2H3. The van der Waals surface area contributed by atoms with Crippen LogP contribution in [0.5, 0.6) is 5.75 Å². The summed E-state index contributed by atoms with van der Waals surface area (Å²) in [5, 5.41) is 3.73. The summed E-state index contributed by atoms with van der Waals surface area (Å²) in [7, 11) is 2.98. The van der Waals surface area contributed by atoms with Crippen molar-refractivity contribution in [3.8, 4) is 5.75 Å². The quantitative estimate of drug-likeness (QED) is 0.610. The minimum atomic E-state index is -0.278. The maximum atomic E-state index is 11.1. The highest BCUT2D eigenvalue weighted by Crippen LogP contribution is 2.13. The van der Waals surface area contributed by atoms with Crippen LogP contribution in [0.3, 0.4) is 0 Å². The topological polar surface area (TPSA) is 44.1 Å². The number of hydrogen-bond donors (Lipinski definition) is 1. The van der Waals surface area contributed by atoms with Gasteiger partial charge in [-0.1, -0.05) is 0 Å². The molecule has 0 saturated carbocycles. The van der Waals surface area contributed by atoms with Gasteiger partial charge in [0.2, 0.25) is 5.75 Å². The van der Waals surface area contributed by atoms with Gasteiger partial charge < -0.3 is 4.74 Å². The second-order valence-corrected chi connectivity index (χ2v) is 2.47. The SMILES string of the molecule is COc1c(S)cnn(C)c1=O. The lowest BCUT2D eigenvalue weighted by Crippen LogP contribution is -2.20. The zero-order valence-electron chi connectivity index (χ0n) is 6.24. The predicted molar refractivity (Wildman–Crippen MR) is 43.3 cm³/mol. The maximum absolute atomic E-state index is 11.1. The molecule has 5 heteroatoms. The molecule has 0 aromatic carbocycles. The first-order chi connectivity index (χ1) is 5.16. The summed E-state index contributed by atoms with van der Waals surface area (Å²) in [5.41, 5.74) is -0.278. The number of nitrogens with zero attached hydrogens (tertiary/aromatic N) is 2. The van der Waals surface area contributed by atoms with Crippen LogP contribution in [0.2, 0.25) is 0 Å². The lowest BCUT2D eigenvalue weighted by molar-refractivity contribution is 0.389. The van der Waals surface area contributed by atoms with E-state index in [4.69, 9.17) is 4.74 Å². The average molecular weight is 172 g/mol.